The molecule has 0 N–H and O–H groups in total. The summed E-state index contributed by atoms with van der Waals surface area (Å²) in [6.45, 7) is 3.74. The summed E-state index contributed by atoms with van der Waals surface area (Å²) in [6, 6.07) is 11.3. The molecule has 0 aliphatic carbocycles. The highest BCUT2D eigenvalue weighted by Gasteiger charge is 2.34. The SMILES string of the molecule is CCOC(=O)C1=C(C)N=c2sc(=Cc3cccc(C(=O)OC)c3)c(=O)n2C1c1ccc2c(c1)OCO2. The molecule has 2 aromatic carbocycles. The zero-order chi connectivity index (χ0) is 25.4. The molecule has 3 aromatic rings. The van der Waals surface area contributed by atoms with Gasteiger partial charge < -0.3 is 18.9 Å². The first-order valence-corrected chi connectivity index (χ1v) is 12.0. The maximum atomic E-state index is 13.7. The molecule has 184 valence electrons. The molecule has 9 nitrogen and oxygen atoms in total. The average molecular weight is 507 g/mol. The first-order valence-electron chi connectivity index (χ1n) is 11.2. The van der Waals surface area contributed by atoms with Crippen LogP contribution in [0.2, 0.25) is 0 Å². The maximum Gasteiger partial charge on any atom is 0.338 e. The molecule has 0 bridgehead atoms. The van der Waals surface area contributed by atoms with Crippen molar-refractivity contribution in [2.45, 2.75) is 19.9 Å². The number of hydrogen-bond donors (Lipinski definition) is 0. The fourth-order valence-electron chi connectivity index (χ4n) is 4.21. The predicted molar refractivity (Wildman–Crippen MR) is 131 cm³/mol. The predicted octanol–water partition coefficient (Wildman–Crippen LogP) is 2.31. The van der Waals surface area contributed by atoms with E-state index in [1.165, 1.54) is 23.0 Å². The van der Waals surface area contributed by atoms with Crippen molar-refractivity contribution in [3.63, 3.8) is 0 Å². The van der Waals surface area contributed by atoms with Gasteiger partial charge in [0.05, 0.1) is 41.1 Å². The van der Waals surface area contributed by atoms with Gasteiger partial charge in [-0.1, -0.05) is 29.5 Å². The molecule has 10 heteroatoms. The molecule has 5 rings (SSSR count). The molecule has 0 saturated heterocycles. The van der Waals surface area contributed by atoms with E-state index in [0.717, 1.165) is 0 Å². The number of methoxy groups -OCH3 is 1. The number of ether oxygens (including phenoxy) is 4. The topological polar surface area (TPSA) is 105 Å². The van der Waals surface area contributed by atoms with Crippen LogP contribution in [0.3, 0.4) is 0 Å². The Balaban J connectivity index is 1.69. The van der Waals surface area contributed by atoms with Crippen LogP contribution in [-0.2, 0) is 14.3 Å². The Kier molecular flexibility index (Phi) is 6.19. The number of carbonyl (C=O) groups excluding carboxylic acids is 2. The van der Waals surface area contributed by atoms with Gasteiger partial charge in [0.25, 0.3) is 5.56 Å². The van der Waals surface area contributed by atoms with E-state index in [0.29, 0.717) is 43.2 Å². The van der Waals surface area contributed by atoms with Crippen LogP contribution in [0.1, 0.15) is 41.4 Å². The van der Waals surface area contributed by atoms with Gasteiger partial charge in [-0.25, -0.2) is 14.6 Å². The van der Waals surface area contributed by atoms with Gasteiger partial charge in [0, 0.05) is 0 Å². The van der Waals surface area contributed by atoms with Crippen LogP contribution in [0.5, 0.6) is 11.5 Å². The Hall–Kier alpha value is -4.18. The molecular weight excluding hydrogens is 484 g/mol. The van der Waals surface area contributed by atoms with E-state index in [4.69, 9.17) is 18.9 Å². The number of fused-ring (bicyclic) bond motifs is 2. The van der Waals surface area contributed by atoms with Crippen molar-refractivity contribution >= 4 is 29.4 Å². The van der Waals surface area contributed by atoms with Gasteiger partial charge in [0.15, 0.2) is 16.3 Å². The molecule has 3 heterocycles. The highest BCUT2D eigenvalue weighted by Crippen LogP contribution is 2.38. The normalized spacial score (nSPS) is 16.4. The highest BCUT2D eigenvalue weighted by molar-refractivity contribution is 7.07. The number of carbonyl (C=O) groups is 2. The van der Waals surface area contributed by atoms with Gasteiger partial charge in [-0.05, 0) is 55.3 Å². The largest absolute Gasteiger partial charge is 0.465 e. The summed E-state index contributed by atoms with van der Waals surface area (Å²) in [4.78, 5) is 43.7. The zero-order valence-electron chi connectivity index (χ0n) is 19.8. The number of nitrogens with zero attached hydrogens (tertiary/aromatic N) is 2. The summed E-state index contributed by atoms with van der Waals surface area (Å²) in [6.07, 6.45) is 1.69. The van der Waals surface area contributed by atoms with E-state index >= 15 is 0 Å². The fourth-order valence-corrected chi connectivity index (χ4v) is 5.26. The quantitative estimate of drug-likeness (QED) is 0.489. The van der Waals surface area contributed by atoms with E-state index in [9.17, 15) is 14.4 Å². The zero-order valence-corrected chi connectivity index (χ0v) is 20.6. The number of allylic oxidation sites excluding steroid dienone is 1. The number of benzene rings is 2. The Bertz CT molecular complexity index is 1600. The van der Waals surface area contributed by atoms with E-state index in [2.05, 4.69) is 4.99 Å². The van der Waals surface area contributed by atoms with Crippen LogP contribution in [0.25, 0.3) is 6.08 Å². The van der Waals surface area contributed by atoms with Crippen molar-refractivity contribution in [3.8, 4) is 11.5 Å². The van der Waals surface area contributed by atoms with E-state index in [1.807, 2.05) is 0 Å². The van der Waals surface area contributed by atoms with Crippen LogP contribution in [-0.4, -0.2) is 37.0 Å². The molecule has 0 spiro atoms. The van der Waals surface area contributed by atoms with Gasteiger partial charge in [0.2, 0.25) is 6.79 Å². The third-order valence-corrected chi connectivity index (χ3v) is 6.82. The summed E-state index contributed by atoms with van der Waals surface area (Å²) >= 11 is 1.20. The summed E-state index contributed by atoms with van der Waals surface area (Å²) in [7, 11) is 1.31. The molecule has 2 aliphatic rings. The number of rotatable bonds is 5. The lowest BCUT2D eigenvalue weighted by atomic mass is 9.95. The third-order valence-electron chi connectivity index (χ3n) is 5.83. The van der Waals surface area contributed by atoms with Gasteiger partial charge in [-0.3, -0.25) is 9.36 Å². The monoisotopic (exact) mass is 506 g/mol. The molecule has 1 unspecified atom stereocenters. The van der Waals surface area contributed by atoms with E-state index in [-0.39, 0.29) is 24.5 Å². The number of hydrogen-bond acceptors (Lipinski definition) is 9. The second-order valence-electron chi connectivity index (χ2n) is 8.03. The molecule has 0 amide bonds. The van der Waals surface area contributed by atoms with Crippen LogP contribution in [0.15, 0.2) is 63.5 Å². The Labute approximate surface area is 209 Å². The summed E-state index contributed by atoms with van der Waals surface area (Å²) in [5.74, 6) is 0.118. The van der Waals surface area contributed by atoms with Gasteiger partial charge >= 0.3 is 11.9 Å². The molecule has 2 aliphatic heterocycles. The Morgan fingerprint density at radius 2 is 1.97 bits per heavy atom. The van der Waals surface area contributed by atoms with Crippen LogP contribution >= 0.6 is 11.3 Å². The van der Waals surface area contributed by atoms with Crippen LogP contribution in [0.4, 0.5) is 0 Å². The van der Waals surface area contributed by atoms with Crippen molar-refractivity contribution in [3.05, 3.63) is 90.1 Å². The van der Waals surface area contributed by atoms with E-state index in [1.54, 1.807) is 62.4 Å². The lowest BCUT2D eigenvalue weighted by Gasteiger charge is -2.24. The lowest BCUT2D eigenvalue weighted by molar-refractivity contribution is -0.139. The maximum absolute atomic E-state index is 13.7. The molecule has 1 atom stereocenters. The average Bonchev–Trinajstić information content (AvgIpc) is 3.46. The van der Waals surface area contributed by atoms with Crippen LogP contribution < -0.4 is 24.4 Å². The summed E-state index contributed by atoms with van der Waals surface area (Å²) in [5.41, 5.74) is 2.12. The lowest BCUT2D eigenvalue weighted by Crippen LogP contribution is -2.39. The minimum atomic E-state index is -0.765. The Morgan fingerprint density at radius 3 is 2.75 bits per heavy atom. The summed E-state index contributed by atoms with van der Waals surface area (Å²) in [5, 5.41) is 0. The number of thiazole rings is 1. The van der Waals surface area contributed by atoms with Crippen LogP contribution in [0, 0.1) is 0 Å². The molecule has 36 heavy (non-hydrogen) atoms. The van der Waals surface area contributed by atoms with Gasteiger partial charge in [0.1, 0.15) is 0 Å². The van der Waals surface area contributed by atoms with Crippen molar-refractivity contribution in [1.82, 2.24) is 4.57 Å². The molecular formula is C26H22N2O7S. The number of esters is 2. The second-order valence-corrected chi connectivity index (χ2v) is 9.04. The Morgan fingerprint density at radius 1 is 1.17 bits per heavy atom. The van der Waals surface area contributed by atoms with Crippen molar-refractivity contribution < 1.29 is 28.5 Å². The molecule has 0 radical (unpaired) electrons. The third kappa shape index (κ3) is 4.09. The van der Waals surface area contributed by atoms with Crippen molar-refractivity contribution in [1.29, 1.82) is 0 Å². The van der Waals surface area contributed by atoms with Gasteiger partial charge in [-0.2, -0.15) is 0 Å². The molecule has 0 saturated carbocycles. The fraction of sp³-hybridized carbons (Fsp3) is 0.231. The van der Waals surface area contributed by atoms with E-state index < -0.39 is 18.0 Å². The first-order chi connectivity index (χ1) is 17.4. The minimum Gasteiger partial charge on any atom is -0.465 e. The molecule has 0 fully saturated rings. The smallest absolute Gasteiger partial charge is 0.338 e. The molecule has 1 aromatic heterocycles. The highest BCUT2D eigenvalue weighted by atomic mass is 32.1. The van der Waals surface area contributed by atoms with Crippen molar-refractivity contribution in [2.75, 3.05) is 20.5 Å². The standard InChI is InChI=1S/C26H22N2O7S/c1-4-33-25(31)21-14(2)27-26-28(22(21)16-8-9-18-19(12-16)35-13-34-18)23(29)20(36-26)11-15-6-5-7-17(10-15)24(30)32-3/h5-12,22H,4,13H2,1-3H3. The summed E-state index contributed by atoms with van der Waals surface area (Å²) < 4.78 is 23.0. The second kappa shape index (κ2) is 9.46. The number of aromatic nitrogens is 1. The van der Waals surface area contributed by atoms with Crippen molar-refractivity contribution in [2.24, 2.45) is 4.99 Å². The van der Waals surface area contributed by atoms with Gasteiger partial charge in [-0.15, -0.1) is 0 Å². The first kappa shape index (κ1) is 23.6. The minimum absolute atomic E-state index is 0.103.